The molecule has 206 valence electrons. The van der Waals surface area contributed by atoms with Crippen LogP contribution >= 0.6 is 0 Å². The third kappa shape index (κ3) is 7.24. The average molecular weight is 539 g/mol. The second kappa shape index (κ2) is 11.8. The predicted molar refractivity (Wildman–Crippen MR) is 139 cm³/mol. The number of carboxylic acids is 2. The molecule has 0 fully saturated rings. The van der Waals surface area contributed by atoms with Crippen LogP contribution < -0.4 is 5.32 Å². The van der Waals surface area contributed by atoms with Crippen molar-refractivity contribution >= 4 is 36.0 Å². The van der Waals surface area contributed by atoms with Crippen LogP contribution in [-0.2, 0) is 25.7 Å². The smallest absolute Gasteiger partial charge is 0.326 e. The number of amides is 1. The number of nitrogens with one attached hydrogen (secondary N) is 2. The quantitative estimate of drug-likeness (QED) is 0.249. The van der Waals surface area contributed by atoms with Gasteiger partial charge in [0.2, 0.25) is 0 Å². The first-order chi connectivity index (χ1) is 18.3. The van der Waals surface area contributed by atoms with Gasteiger partial charge in [-0.15, -0.1) is 0 Å². The van der Waals surface area contributed by atoms with E-state index < -0.39 is 42.0 Å². The second-order valence-electron chi connectivity index (χ2n) is 9.95. The number of aromatic nitrogens is 1. The molecule has 39 heavy (non-hydrogen) atoms. The molecule has 0 saturated heterocycles. The topological polar surface area (TPSA) is 182 Å². The molecule has 12 heteroatoms. The van der Waals surface area contributed by atoms with Gasteiger partial charge in [0.25, 0.3) is 5.91 Å². The number of nitrogens with zero attached hydrogens (tertiary/aromatic N) is 2. The van der Waals surface area contributed by atoms with E-state index in [9.17, 15) is 29.4 Å². The zero-order valence-corrected chi connectivity index (χ0v) is 21.9. The number of hydrogen-bond acceptors (Lipinski definition) is 8. The van der Waals surface area contributed by atoms with E-state index in [4.69, 9.17) is 9.84 Å². The summed E-state index contributed by atoms with van der Waals surface area (Å²) in [5, 5.41) is 31.3. The number of hydrogen-bond donors (Lipinski definition) is 5. The molecule has 2 atom stereocenters. The van der Waals surface area contributed by atoms with Crippen LogP contribution in [0.25, 0.3) is 0 Å². The van der Waals surface area contributed by atoms with Gasteiger partial charge < -0.3 is 30.4 Å². The number of carboxylic acid groups (broad SMARTS) is 2. The van der Waals surface area contributed by atoms with Gasteiger partial charge in [-0.1, -0.05) is 0 Å². The lowest BCUT2D eigenvalue weighted by molar-refractivity contribution is -0.154. The van der Waals surface area contributed by atoms with E-state index in [1.807, 2.05) is 0 Å². The molecule has 1 aliphatic heterocycles. The summed E-state index contributed by atoms with van der Waals surface area (Å²) in [6.07, 6.45) is -0.457. The van der Waals surface area contributed by atoms with E-state index in [-0.39, 0.29) is 24.6 Å². The van der Waals surface area contributed by atoms with Crippen LogP contribution in [0.1, 0.15) is 72.6 Å². The van der Waals surface area contributed by atoms with Gasteiger partial charge in [-0.25, -0.2) is 9.79 Å². The minimum atomic E-state index is -1.34. The molecule has 1 aliphatic rings. The molecule has 0 saturated carbocycles. The summed E-state index contributed by atoms with van der Waals surface area (Å²) in [7, 11) is 0. The summed E-state index contributed by atoms with van der Waals surface area (Å²) in [4.78, 5) is 55.3. The predicted octanol–water partition coefficient (Wildman–Crippen LogP) is 2.44. The number of carbonyl (C=O) groups excluding carboxylic acids is 2. The standard InChI is InChI=1S/C27H30N4O8/c1-15-18(13-39-26(38)27(2,3)4)21-22(29-15)28-14-31(24(21)35)12-11-16-5-7-17(8-6-16)23(34)30-19(25(36)37)9-10-20(32)33/h5-8,14,19,24,29,35H,9-10,13H2,1-4H3,(H,30,34)(H,32,33)(H,36,37)/t19-,24?/m1/s1. The monoisotopic (exact) mass is 538 g/mol. The fourth-order valence-corrected chi connectivity index (χ4v) is 3.60. The van der Waals surface area contributed by atoms with Crippen LogP contribution in [0, 0.1) is 24.3 Å². The molecular weight excluding hydrogens is 508 g/mol. The Balaban J connectivity index is 1.70. The van der Waals surface area contributed by atoms with E-state index in [0.717, 1.165) is 0 Å². The van der Waals surface area contributed by atoms with E-state index in [1.54, 1.807) is 39.8 Å². The van der Waals surface area contributed by atoms with Gasteiger partial charge in [-0.3, -0.25) is 19.3 Å². The lowest BCUT2D eigenvalue weighted by Gasteiger charge is -2.24. The summed E-state index contributed by atoms with van der Waals surface area (Å²) in [5.41, 5.74) is 1.76. The Kier molecular flexibility index (Phi) is 8.78. The highest BCUT2D eigenvalue weighted by molar-refractivity contribution is 5.96. The maximum Gasteiger partial charge on any atom is 0.326 e. The average Bonchev–Trinajstić information content (AvgIpc) is 3.19. The molecule has 3 rings (SSSR count). The van der Waals surface area contributed by atoms with Crippen molar-refractivity contribution < 1.29 is 39.2 Å². The van der Waals surface area contributed by atoms with Crippen molar-refractivity contribution in [2.75, 3.05) is 0 Å². The molecule has 0 spiro atoms. The van der Waals surface area contributed by atoms with Crippen molar-refractivity contribution in [3.8, 4) is 12.0 Å². The minimum absolute atomic E-state index is 0.0375. The van der Waals surface area contributed by atoms with Gasteiger partial charge in [-0.05, 0) is 64.3 Å². The maximum absolute atomic E-state index is 12.4. The SMILES string of the molecule is Cc1[nH]c2c(c1COC(=O)C(C)(C)C)C(O)N(C#Cc1ccc(C(=O)N[C@H](CCC(=O)O)C(=O)O)cc1)C=N2. The summed E-state index contributed by atoms with van der Waals surface area (Å²) >= 11 is 0. The zero-order chi connectivity index (χ0) is 28.9. The van der Waals surface area contributed by atoms with Crippen LogP contribution in [0.2, 0.25) is 0 Å². The number of ether oxygens (including phenoxy) is 1. The maximum atomic E-state index is 12.4. The zero-order valence-electron chi connectivity index (χ0n) is 21.9. The molecule has 1 aromatic heterocycles. The number of aliphatic hydroxyl groups excluding tert-OH is 1. The fraction of sp³-hybridized carbons (Fsp3) is 0.370. The molecule has 12 nitrogen and oxygen atoms in total. The molecular formula is C27H30N4O8. The lowest BCUT2D eigenvalue weighted by Crippen LogP contribution is -2.41. The summed E-state index contributed by atoms with van der Waals surface area (Å²) in [6.45, 7) is 7.00. The Morgan fingerprint density at radius 3 is 2.44 bits per heavy atom. The van der Waals surface area contributed by atoms with Crippen LogP contribution in [0.3, 0.4) is 0 Å². The molecule has 2 heterocycles. The first-order valence-corrected chi connectivity index (χ1v) is 12.0. The van der Waals surface area contributed by atoms with Gasteiger partial charge in [0.1, 0.15) is 24.8 Å². The number of esters is 1. The molecule has 2 aromatic rings. The number of rotatable bonds is 8. The number of aliphatic carboxylic acids is 2. The van der Waals surface area contributed by atoms with Crippen molar-refractivity contribution in [1.82, 2.24) is 15.2 Å². The number of fused-ring (bicyclic) bond motifs is 1. The molecule has 0 aliphatic carbocycles. The first-order valence-electron chi connectivity index (χ1n) is 12.0. The van der Waals surface area contributed by atoms with Crippen molar-refractivity contribution in [2.45, 2.75) is 59.4 Å². The van der Waals surface area contributed by atoms with Crippen molar-refractivity contribution in [1.29, 1.82) is 0 Å². The third-order valence-corrected chi connectivity index (χ3v) is 5.86. The van der Waals surface area contributed by atoms with E-state index in [2.05, 4.69) is 27.3 Å². The molecule has 1 amide bonds. The summed E-state index contributed by atoms with van der Waals surface area (Å²) in [6, 6.07) is 7.46. The number of aliphatic imine (C=N–C) groups is 1. The fourth-order valence-electron chi connectivity index (χ4n) is 3.60. The molecule has 1 aromatic carbocycles. The number of H-pyrrole nitrogens is 1. The second-order valence-corrected chi connectivity index (χ2v) is 9.95. The normalized spacial score (nSPS) is 15.0. The molecule has 0 radical (unpaired) electrons. The number of aryl methyl sites for hydroxylation is 1. The molecule has 5 N–H and O–H groups in total. The summed E-state index contributed by atoms with van der Waals surface area (Å²) < 4.78 is 5.43. The number of aromatic amines is 1. The molecule has 0 bridgehead atoms. The van der Waals surface area contributed by atoms with Crippen LogP contribution in [0.4, 0.5) is 5.82 Å². The third-order valence-electron chi connectivity index (χ3n) is 5.86. The van der Waals surface area contributed by atoms with Gasteiger partial charge in [0, 0.05) is 34.8 Å². The van der Waals surface area contributed by atoms with Gasteiger partial charge in [-0.2, -0.15) is 0 Å². The van der Waals surface area contributed by atoms with Gasteiger partial charge in [0.15, 0.2) is 6.23 Å². The van der Waals surface area contributed by atoms with E-state index >= 15 is 0 Å². The van der Waals surface area contributed by atoms with Gasteiger partial charge in [0.05, 0.1) is 11.0 Å². The minimum Gasteiger partial charge on any atom is -0.481 e. The van der Waals surface area contributed by atoms with E-state index in [0.29, 0.717) is 28.2 Å². The highest BCUT2D eigenvalue weighted by Crippen LogP contribution is 2.36. The van der Waals surface area contributed by atoms with Crippen molar-refractivity contribution in [2.24, 2.45) is 10.4 Å². The van der Waals surface area contributed by atoms with Crippen LogP contribution in [0.15, 0.2) is 29.3 Å². The Hall–Kier alpha value is -4.63. The lowest BCUT2D eigenvalue weighted by atomic mass is 9.97. The Morgan fingerprint density at radius 2 is 1.85 bits per heavy atom. The Labute approximate surface area is 224 Å². The summed E-state index contributed by atoms with van der Waals surface area (Å²) in [5.74, 6) is -0.222. The number of benzene rings is 1. The van der Waals surface area contributed by atoms with Crippen molar-refractivity contribution in [3.05, 3.63) is 52.2 Å². The number of carbonyl (C=O) groups is 4. The first kappa shape index (κ1) is 28.9. The highest BCUT2D eigenvalue weighted by atomic mass is 16.5. The largest absolute Gasteiger partial charge is 0.481 e. The van der Waals surface area contributed by atoms with Gasteiger partial charge >= 0.3 is 17.9 Å². The van der Waals surface area contributed by atoms with Crippen LogP contribution in [0.5, 0.6) is 0 Å². The van der Waals surface area contributed by atoms with E-state index in [1.165, 1.54) is 23.4 Å². The Bertz CT molecular complexity index is 1360. The highest BCUT2D eigenvalue weighted by Gasteiger charge is 2.30. The van der Waals surface area contributed by atoms with Crippen molar-refractivity contribution in [3.63, 3.8) is 0 Å². The molecule has 1 unspecified atom stereocenters. The Morgan fingerprint density at radius 1 is 1.18 bits per heavy atom. The van der Waals surface area contributed by atoms with Crippen LogP contribution in [-0.4, -0.2) is 61.4 Å². The number of aliphatic hydroxyl groups is 1.